The van der Waals surface area contributed by atoms with Crippen LogP contribution in [0.2, 0.25) is 0 Å². The summed E-state index contributed by atoms with van der Waals surface area (Å²) in [4.78, 5) is 80.0. The van der Waals surface area contributed by atoms with Gasteiger partial charge in [-0.1, -0.05) is 46.9 Å². The summed E-state index contributed by atoms with van der Waals surface area (Å²) >= 11 is 2.35. The number of aromatic amines is 2. The third-order valence-electron chi connectivity index (χ3n) is 14.8. The number of methoxy groups -OCH3 is 2. The van der Waals surface area contributed by atoms with Gasteiger partial charge in [-0.25, -0.2) is 19.6 Å². The van der Waals surface area contributed by atoms with Crippen LogP contribution in [0.1, 0.15) is 117 Å². The first-order chi connectivity index (χ1) is 33.5. The molecule has 0 spiro atoms. The highest BCUT2D eigenvalue weighted by Gasteiger charge is 2.51. The van der Waals surface area contributed by atoms with Crippen molar-refractivity contribution in [2.45, 2.75) is 157 Å². The Hall–Kier alpha value is -5.54. The number of H-pyrrole nitrogens is 2. The Morgan fingerprint density at radius 2 is 1.24 bits per heavy atom. The molecular formula is C51H65IN10O8. The van der Waals surface area contributed by atoms with Crippen molar-refractivity contribution in [3.05, 3.63) is 72.8 Å². The van der Waals surface area contributed by atoms with Gasteiger partial charge in [-0.15, -0.1) is 0 Å². The van der Waals surface area contributed by atoms with Crippen molar-refractivity contribution in [2.75, 3.05) is 14.2 Å². The first-order valence-electron chi connectivity index (χ1n) is 24.6. The molecule has 0 bridgehead atoms. The number of likely N-dealkylation sites (tertiary alicyclic amines) is 2. The number of alkyl carbamates (subject to hydrolysis) is 2. The third-order valence-corrected chi connectivity index (χ3v) is 16.3. The number of amides is 4. The van der Waals surface area contributed by atoms with E-state index in [-0.39, 0.29) is 66.3 Å². The number of hydrogen-bond donors (Lipinski definition) is 4. The number of nitrogens with one attached hydrogen (secondary N) is 4. The average molecular weight is 1070 g/mol. The number of nitrogens with zero attached hydrogens (tertiary/aromatic N) is 6. The van der Waals surface area contributed by atoms with Gasteiger partial charge in [0.25, 0.3) is 0 Å². The van der Waals surface area contributed by atoms with Crippen molar-refractivity contribution in [3.63, 3.8) is 0 Å². The first-order valence-corrected chi connectivity index (χ1v) is 25.6. The van der Waals surface area contributed by atoms with Crippen LogP contribution in [0.5, 0.6) is 0 Å². The van der Waals surface area contributed by atoms with Crippen molar-refractivity contribution < 1.29 is 38.1 Å². The summed E-state index contributed by atoms with van der Waals surface area (Å²) in [5.74, 6) is 0.963. The van der Waals surface area contributed by atoms with E-state index in [1.165, 1.54) is 14.2 Å². The maximum Gasteiger partial charge on any atom is 0.407 e. The van der Waals surface area contributed by atoms with E-state index in [2.05, 4.69) is 59.7 Å². The minimum atomic E-state index is -0.829. The van der Waals surface area contributed by atoms with Gasteiger partial charge in [-0.3, -0.25) is 14.6 Å². The molecule has 0 radical (unpaired) electrons. The second kappa shape index (κ2) is 20.3. The lowest BCUT2D eigenvalue weighted by Gasteiger charge is -2.45. The fourth-order valence-electron chi connectivity index (χ4n) is 11.8. The number of aromatic nitrogens is 6. The van der Waals surface area contributed by atoms with Gasteiger partial charge < -0.3 is 53.7 Å². The van der Waals surface area contributed by atoms with E-state index in [0.717, 1.165) is 58.7 Å². The molecule has 0 saturated carbocycles. The molecule has 4 aliphatic rings. The van der Waals surface area contributed by atoms with Gasteiger partial charge >= 0.3 is 12.2 Å². The molecule has 4 amide bonds. The number of carbonyl (C=O) groups excluding carboxylic acids is 4. The summed E-state index contributed by atoms with van der Waals surface area (Å²) in [5, 5.41) is 5.79. The summed E-state index contributed by atoms with van der Waals surface area (Å²) in [6, 6.07) is 9.90. The Morgan fingerprint density at radius 1 is 0.700 bits per heavy atom. The summed E-state index contributed by atoms with van der Waals surface area (Å²) < 4.78 is 23.5. The molecule has 4 N–H and O–H groups in total. The Balaban J connectivity index is 0.922. The molecule has 70 heavy (non-hydrogen) atoms. The molecule has 19 heteroatoms. The van der Waals surface area contributed by atoms with Gasteiger partial charge in [-0.05, 0) is 117 Å². The maximum atomic E-state index is 14.7. The van der Waals surface area contributed by atoms with Crippen LogP contribution in [0.15, 0.2) is 61.2 Å². The molecule has 374 valence electrons. The van der Waals surface area contributed by atoms with Crippen LogP contribution in [0.3, 0.4) is 0 Å². The van der Waals surface area contributed by atoms with Crippen LogP contribution in [-0.4, -0.2) is 129 Å². The summed E-state index contributed by atoms with van der Waals surface area (Å²) in [5.41, 5.74) is 5.95. The quantitative estimate of drug-likeness (QED) is 0.0730. The third kappa shape index (κ3) is 9.76. The Kier molecular flexibility index (Phi) is 14.3. The van der Waals surface area contributed by atoms with Crippen molar-refractivity contribution in [1.29, 1.82) is 0 Å². The van der Waals surface area contributed by atoms with Crippen molar-refractivity contribution >= 4 is 52.1 Å². The predicted octanol–water partition coefficient (Wildman–Crippen LogP) is 8.30. The molecule has 1 aromatic carbocycles. The van der Waals surface area contributed by atoms with Gasteiger partial charge in [0, 0.05) is 23.8 Å². The van der Waals surface area contributed by atoms with Crippen molar-refractivity contribution in [3.8, 4) is 33.9 Å². The lowest BCUT2D eigenvalue weighted by Crippen LogP contribution is -2.62. The largest absolute Gasteiger partial charge is 0.453 e. The predicted molar refractivity (Wildman–Crippen MR) is 270 cm³/mol. The van der Waals surface area contributed by atoms with Gasteiger partial charge in [0.1, 0.15) is 29.4 Å². The van der Waals surface area contributed by atoms with Crippen LogP contribution < -0.4 is 10.6 Å². The zero-order valence-corrected chi connectivity index (χ0v) is 43.3. The van der Waals surface area contributed by atoms with E-state index in [9.17, 15) is 19.2 Å². The molecule has 5 aromatic rings. The fraction of sp³-hybridized carbons (Fsp3) is 0.549. The maximum absolute atomic E-state index is 14.7. The van der Waals surface area contributed by atoms with E-state index in [1.807, 2.05) is 94.2 Å². The zero-order valence-electron chi connectivity index (χ0n) is 41.1. The highest BCUT2D eigenvalue weighted by atomic mass is 127. The number of imidazole rings is 2. The summed E-state index contributed by atoms with van der Waals surface area (Å²) in [7, 11) is 2.62. The minimum Gasteiger partial charge on any atom is -0.453 e. The van der Waals surface area contributed by atoms with Crippen molar-refractivity contribution in [2.24, 2.45) is 5.92 Å². The summed E-state index contributed by atoms with van der Waals surface area (Å²) in [6.45, 7) is 12.1. The Labute approximate surface area is 421 Å². The molecule has 12 atom stereocenters. The molecular weight excluding hydrogens is 1010 g/mol. The topological polar surface area (TPSA) is 210 Å². The lowest BCUT2D eigenvalue weighted by atomic mass is 9.85. The highest BCUT2D eigenvalue weighted by Crippen LogP contribution is 2.44. The fourth-order valence-corrected chi connectivity index (χ4v) is 13.4. The number of carbonyl (C=O) groups is 4. The SMILES string of the molecule is COC(=O)N[C@H](C(=O)N1[C@@H](C)CC[C@H]1c1ncc(-c2ccc(-c3cnc(-c4cnc([C@@H]5CC[C@H](C)N5C(=O)[C@@H](NC(=O)OC)C5(I)C[C@@H](C)O[C@@H](C)C5)[nH]4)c4cccn34)cc2)[nH]1)C1C[C@@H](C)O[C@@H](C)C1. The van der Waals surface area contributed by atoms with E-state index in [4.69, 9.17) is 33.9 Å². The number of fused-ring (bicyclic) bond motifs is 1. The molecule has 18 nitrogen and oxygen atoms in total. The second-order valence-electron chi connectivity index (χ2n) is 19.9. The monoisotopic (exact) mass is 1070 g/mol. The van der Waals surface area contributed by atoms with E-state index in [1.54, 1.807) is 6.20 Å². The molecule has 4 aromatic heterocycles. The summed E-state index contributed by atoms with van der Waals surface area (Å²) in [6.07, 6.45) is 11.5. The molecule has 4 fully saturated rings. The normalized spacial score (nSPS) is 28.9. The van der Waals surface area contributed by atoms with Gasteiger partial charge in [0.15, 0.2) is 0 Å². The van der Waals surface area contributed by atoms with E-state index >= 15 is 0 Å². The lowest BCUT2D eigenvalue weighted by molar-refractivity contribution is -0.140. The molecule has 0 aliphatic carbocycles. The van der Waals surface area contributed by atoms with Gasteiger partial charge in [0.2, 0.25) is 11.8 Å². The Bertz CT molecular complexity index is 2680. The number of hydrogen-bond acceptors (Lipinski definition) is 11. The molecule has 4 aliphatic heterocycles. The van der Waals surface area contributed by atoms with Crippen molar-refractivity contribution in [1.82, 2.24) is 49.8 Å². The molecule has 2 unspecified atom stereocenters. The van der Waals surface area contributed by atoms with Crippen LogP contribution in [0.4, 0.5) is 9.59 Å². The average Bonchev–Trinajstić information content (AvgIpc) is 4.19. The first kappa shape index (κ1) is 49.4. The second-order valence-corrected chi connectivity index (χ2v) is 22.1. The van der Waals surface area contributed by atoms with Gasteiger partial charge in [0.05, 0.1) is 95.3 Å². The Morgan fingerprint density at radius 3 is 1.86 bits per heavy atom. The zero-order chi connectivity index (χ0) is 49.6. The number of halogens is 1. The molecule has 8 heterocycles. The van der Waals surface area contributed by atoms with E-state index in [0.29, 0.717) is 43.8 Å². The minimum absolute atomic E-state index is 0.0339. The highest BCUT2D eigenvalue weighted by molar-refractivity contribution is 14.1. The number of alkyl halides is 1. The number of benzene rings is 1. The molecule has 4 saturated heterocycles. The number of rotatable bonds is 11. The number of ether oxygens (including phenoxy) is 4. The van der Waals surface area contributed by atoms with Crippen LogP contribution >= 0.6 is 22.6 Å². The smallest absolute Gasteiger partial charge is 0.407 e. The van der Waals surface area contributed by atoms with Crippen LogP contribution in [0.25, 0.3) is 39.4 Å². The standard InChI is InChI=1S/C51H65IN10O8/c1-27-11-17-39(61(27)47(63)42(58-49(65)67-7)35-20-29(3)69-30(4)21-35)45-54-24-36(56-45)33-13-15-34(16-14-33)41-26-53-43(38-10-9-19-60(38)41)37-25-55-46(57-37)40-18-12-28(2)62(40)48(64)44(59-50(66)68-8)51(52)22-31(5)70-32(6)23-51/h9-10,13-16,19,24-32,35,39-40,42,44H,11-12,17-18,20-23H2,1-8H3,(H,54,56)(H,55,57)(H,58,65)(H,59,66)/t27-,28-,29-,30+,31-,32+,35?,39-,40-,42-,44+,51?/m0/s1. The van der Waals surface area contributed by atoms with Gasteiger partial charge in [-0.2, -0.15) is 0 Å². The van der Waals surface area contributed by atoms with E-state index < -0.39 is 27.7 Å². The van der Waals surface area contributed by atoms with Crippen LogP contribution in [0, 0.1) is 5.92 Å². The molecule has 9 rings (SSSR count). The van der Waals surface area contributed by atoms with Crippen LogP contribution in [-0.2, 0) is 28.5 Å².